The second-order valence-corrected chi connectivity index (χ2v) is 7.18. The summed E-state index contributed by atoms with van der Waals surface area (Å²) in [4.78, 5) is 6.84. The summed E-state index contributed by atoms with van der Waals surface area (Å²) in [6.07, 6.45) is 1.43. The van der Waals surface area contributed by atoms with Crippen LogP contribution in [0.4, 0.5) is 0 Å². The van der Waals surface area contributed by atoms with E-state index in [1.807, 2.05) is 43.5 Å². The summed E-state index contributed by atoms with van der Waals surface area (Å²) in [5, 5.41) is 16.7. The highest BCUT2D eigenvalue weighted by Gasteiger charge is 2.10. The molecule has 2 N–H and O–H groups in total. The van der Waals surface area contributed by atoms with Crippen molar-refractivity contribution in [1.29, 1.82) is 0 Å². The van der Waals surface area contributed by atoms with E-state index in [2.05, 4.69) is 21.7 Å². The fraction of sp³-hybridized carbons (Fsp3) is 0.235. The minimum atomic E-state index is -0.481. The lowest BCUT2D eigenvalue weighted by atomic mass is 10.0. The van der Waals surface area contributed by atoms with Crippen molar-refractivity contribution < 1.29 is 5.11 Å². The predicted molar refractivity (Wildman–Crippen MR) is 93.3 cm³/mol. The van der Waals surface area contributed by atoms with E-state index in [9.17, 15) is 5.11 Å². The van der Waals surface area contributed by atoms with Crippen LogP contribution in [0, 0.1) is 6.92 Å². The van der Waals surface area contributed by atoms with E-state index in [0.29, 0.717) is 6.54 Å². The Bertz CT molecular complexity index is 722. The number of aromatic nitrogens is 1. The lowest BCUT2D eigenvalue weighted by Crippen LogP contribution is -2.21. The molecule has 114 valence electrons. The first-order valence-corrected chi connectivity index (χ1v) is 8.86. The number of hydrogen-bond acceptors (Lipinski definition) is 5. The van der Waals surface area contributed by atoms with Gasteiger partial charge in [-0.3, -0.25) is 0 Å². The number of aryl methyl sites for hydroxylation is 1. The molecule has 2 heterocycles. The number of aliphatic hydroxyl groups excluding tert-OH is 1. The van der Waals surface area contributed by atoms with Gasteiger partial charge in [0, 0.05) is 24.2 Å². The van der Waals surface area contributed by atoms with E-state index in [0.717, 1.165) is 22.7 Å². The molecule has 1 atom stereocenters. The van der Waals surface area contributed by atoms with Crippen LogP contribution in [-0.4, -0.2) is 16.6 Å². The molecule has 5 heteroatoms. The number of rotatable bonds is 6. The van der Waals surface area contributed by atoms with Crippen molar-refractivity contribution in [2.24, 2.45) is 0 Å². The molecule has 2 aromatic heterocycles. The van der Waals surface area contributed by atoms with Crippen LogP contribution >= 0.6 is 22.7 Å². The Labute approximate surface area is 138 Å². The van der Waals surface area contributed by atoms with Gasteiger partial charge in [-0.05, 0) is 29.5 Å². The Morgan fingerprint density at radius 1 is 1.23 bits per heavy atom. The average molecular weight is 330 g/mol. The molecule has 1 aromatic carbocycles. The summed E-state index contributed by atoms with van der Waals surface area (Å²) in [5.74, 6) is 0. The monoisotopic (exact) mass is 330 g/mol. The van der Waals surface area contributed by atoms with Gasteiger partial charge in [-0.15, -0.1) is 22.7 Å². The van der Waals surface area contributed by atoms with Gasteiger partial charge in [0.15, 0.2) is 0 Å². The van der Waals surface area contributed by atoms with Crippen molar-refractivity contribution in [3.8, 4) is 9.88 Å². The van der Waals surface area contributed by atoms with Gasteiger partial charge >= 0.3 is 0 Å². The molecule has 0 saturated heterocycles. The molecule has 0 aliphatic heterocycles. The van der Waals surface area contributed by atoms with Crippen LogP contribution in [0.1, 0.15) is 22.1 Å². The molecule has 0 saturated carbocycles. The smallest absolute Gasteiger partial charge is 0.133 e. The number of benzene rings is 1. The fourth-order valence-corrected chi connectivity index (χ4v) is 3.99. The third-order valence-corrected chi connectivity index (χ3v) is 5.51. The van der Waals surface area contributed by atoms with E-state index < -0.39 is 6.10 Å². The zero-order chi connectivity index (χ0) is 15.4. The van der Waals surface area contributed by atoms with Gasteiger partial charge in [0.05, 0.1) is 11.0 Å². The van der Waals surface area contributed by atoms with Crippen molar-refractivity contribution in [3.05, 3.63) is 64.0 Å². The molecule has 0 fully saturated rings. The predicted octanol–water partition coefficient (Wildman–Crippen LogP) is 4.00. The summed E-state index contributed by atoms with van der Waals surface area (Å²) < 4.78 is 0. The Morgan fingerprint density at radius 2 is 2.09 bits per heavy atom. The van der Waals surface area contributed by atoms with Gasteiger partial charge < -0.3 is 10.4 Å². The van der Waals surface area contributed by atoms with Gasteiger partial charge in [-0.25, -0.2) is 4.98 Å². The molecule has 0 aliphatic carbocycles. The van der Waals surface area contributed by atoms with Gasteiger partial charge in [-0.2, -0.15) is 0 Å². The maximum atomic E-state index is 10.3. The summed E-state index contributed by atoms with van der Waals surface area (Å²) in [5.41, 5.74) is 2.10. The third-order valence-electron chi connectivity index (χ3n) is 3.47. The first kappa shape index (κ1) is 15.4. The Balaban J connectivity index is 1.54. The summed E-state index contributed by atoms with van der Waals surface area (Å²) in [7, 11) is 0. The lowest BCUT2D eigenvalue weighted by Gasteiger charge is -2.14. The number of thiophene rings is 1. The Morgan fingerprint density at radius 3 is 2.86 bits per heavy atom. The molecule has 3 nitrogen and oxygen atoms in total. The highest BCUT2D eigenvalue weighted by molar-refractivity contribution is 7.20. The highest BCUT2D eigenvalue weighted by Crippen LogP contribution is 2.28. The second-order valence-electron chi connectivity index (χ2n) is 5.11. The number of nitrogens with one attached hydrogen (secondary N) is 1. The quantitative estimate of drug-likeness (QED) is 0.718. The van der Waals surface area contributed by atoms with E-state index in [1.54, 1.807) is 22.7 Å². The van der Waals surface area contributed by atoms with Crippen molar-refractivity contribution in [1.82, 2.24) is 10.3 Å². The zero-order valence-electron chi connectivity index (χ0n) is 12.3. The fourth-order valence-electron chi connectivity index (χ4n) is 2.31. The number of nitrogens with zero attached hydrogens (tertiary/aromatic N) is 1. The van der Waals surface area contributed by atoms with Gasteiger partial charge in [0.1, 0.15) is 5.01 Å². The standard InChI is InChI=1S/C17H18N2OS2/c1-12-5-2-3-6-14(12)15(20)11-18-9-13-10-19-17(22-13)16-7-4-8-21-16/h2-8,10,15,18,20H,9,11H2,1H3. The van der Waals surface area contributed by atoms with Crippen molar-refractivity contribution in [2.45, 2.75) is 19.6 Å². The summed E-state index contributed by atoms with van der Waals surface area (Å²) >= 11 is 3.40. The summed E-state index contributed by atoms with van der Waals surface area (Å²) in [6, 6.07) is 12.1. The maximum Gasteiger partial charge on any atom is 0.133 e. The van der Waals surface area contributed by atoms with Crippen LogP contribution in [0.3, 0.4) is 0 Å². The van der Waals surface area contributed by atoms with Crippen LogP contribution in [-0.2, 0) is 6.54 Å². The molecular weight excluding hydrogens is 312 g/mol. The van der Waals surface area contributed by atoms with E-state index in [-0.39, 0.29) is 0 Å². The normalized spacial score (nSPS) is 12.5. The zero-order valence-corrected chi connectivity index (χ0v) is 14.0. The molecule has 0 bridgehead atoms. The Hall–Kier alpha value is -1.53. The van der Waals surface area contributed by atoms with Crippen LogP contribution < -0.4 is 5.32 Å². The van der Waals surface area contributed by atoms with Crippen LogP contribution in [0.25, 0.3) is 9.88 Å². The SMILES string of the molecule is Cc1ccccc1C(O)CNCc1cnc(-c2cccs2)s1. The molecule has 3 rings (SSSR count). The Kier molecular flexibility index (Phi) is 5.00. The van der Waals surface area contributed by atoms with Gasteiger partial charge in [0.25, 0.3) is 0 Å². The van der Waals surface area contributed by atoms with Crippen molar-refractivity contribution in [3.63, 3.8) is 0 Å². The van der Waals surface area contributed by atoms with Gasteiger partial charge in [0.2, 0.25) is 0 Å². The van der Waals surface area contributed by atoms with Crippen LogP contribution in [0.15, 0.2) is 48.0 Å². The van der Waals surface area contributed by atoms with Crippen LogP contribution in [0.2, 0.25) is 0 Å². The van der Waals surface area contributed by atoms with Crippen molar-refractivity contribution >= 4 is 22.7 Å². The first-order valence-electron chi connectivity index (χ1n) is 7.17. The number of thiazole rings is 1. The third kappa shape index (κ3) is 3.62. The molecule has 3 aromatic rings. The van der Waals surface area contributed by atoms with E-state index in [1.165, 1.54) is 9.75 Å². The number of aliphatic hydroxyl groups is 1. The molecule has 0 radical (unpaired) electrons. The molecule has 0 amide bonds. The summed E-state index contributed by atoms with van der Waals surface area (Å²) in [6.45, 7) is 3.29. The van der Waals surface area contributed by atoms with E-state index in [4.69, 9.17) is 0 Å². The van der Waals surface area contributed by atoms with Crippen molar-refractivity contribution in [2.75, 3.05) is 6.54 Å². The molecule has 0 spiro atoms. The lowest BCUT2D eigenvalue weighted by molar-refractivity contribution is 0.174. The van der Waals surface area contributed by atoms with Gasteiger partial charge in [-0.1, -0.05) is 30.3 Å². The maximum absolute atomic E-state index is 10.3. The highest BCUT2D eigenvalue weighted by atomic mass is 32.1. The molecule has 1 unspecified atom stereocenters. The average Bonchev–Trinajstić information content (AvgIpc) is 3.18. The largest absolute Gasteiger partial charge is 0.387 e. The molecular formula is C17H18N2OS2. The van der Waals surface area contributed by atoms with Crippen LogP contribution in [0.5, 0.6) is 0 Å². The second kappa shape index (κ2) is 7.15. The van der Waals surface area contributed by atoms with E-state index >= 15 is 0 Å². The first-order chi connectivity index (χ1) is 10.7. The molecule has 22 heavy (non-hydrogen) atoms. The topological polar surface area (TPSA) is 45.1 Å². The minimum Gasteiger partial charge on any atom is -0.387 e. The number of hydrogen-bond donors (Lipinski definition) is 2. The molecule has 0 aliphatic rings. The minimum absolute atomic E-state index is 0.481.